The minimum absolute atomic E-state index is 0.286. The lowest BCUT2D eigenvalue weighted by atomic mass is 10.1. The highest BCUT2D eigenvalue weighted by Gasteiger charge is 2.12. The first-order valence-electron chi connectivity index (χ1n) is 5.57. The Morgan fingerprint density at radius 3 is 2.32 bits per heavy atom. The molecule has 0 aliphatic rings. The molecule has 0 heterocycles. The summed E-state index contributed by atoms with van der Waals surface area (Å²) in [7, 11) is 0. The highest BCUT2D eigenvalue weighted by atomic mass is 79.9. The van der Waals surface area contributed by atoms with Crippen LogP contribution in [-0.4, -0.2) is 0 Å². The van der Waals surface area contributed by atoms with Gasteiger partial charge in [-0.1, -0.05) is 11.6 Å². The molecular weight excluding hydrogens is 333 g/mol. The number of hydrogen-bond donors (Lipinski definition) is 1. The molecule has 5 heteroatoms. The standard InChI is InChI=1S/C14H12BrClFNO/c1-7-3-9(16)4-8(2)14(7)19-13-6-11(17)10(15)5-12(13)18/h3-6H,18H2,1-2H3. The molecule has 0 atom stereocenters. The third kappa shape index (κ3) is 3.01. The van der Waals surface area contributed by atoms with Crippen LogP contribution in [0.1, 0.15) is 11.1 Å². The molecule has 2 N–H and O–H groups in total. The van der Waals surface area contributed by atoms with E-state index >= 15 is 0 Å². The Morgan fingerprint density at radius 2 is 1.74 bits per heavy atom. The Labute approximate surface area is 124 Å². The highest BCUT2D eigenvalue weighted by Crippen LogP contribution is 2.36. The average Bonchev–Trinajstić information content (AvgIpc) is 2.29. The zero-order chi connectivity index (χ0) is 14.2. The second-order valence-corrected chi connectivity index (χ2v) is 5.57. The van der Waals surface area contributed by atoms with Gasteiger partial charge in [0, 0.05) is 11.1 Å². The van der Waals surface area contributed by atoms with Gasteiger partial charge in [-0.25, -0.2) is 4.39 Å². The summed E-state index contributed by atoms with van der Waals surface area (Å²) in [5, 5.41) is 0.636. The van der Waals surface area contributed by atoms with Crippen LogP contribution in [0.2, 0.25) is 5.02 Å². The number of nitrogen functional groups attached to an aromatic ring is 1. The van der Waals surface area contributed by atoms with Crippen LogP contribution in [0.5, 0.6) is 11.5 Å². The summed E-state index contributed by atoms with van der Waals surface area (Å²) in [6.45, 7) is 3.75. The second-order valence-electron chi connectivity index (χ2n) is 4.27. The fourth-order valence-electron chi connectivity index (χ4n) is 1.80. The van der Waals surface area contributed by atoms with Crippen LogP contribution in [0.4, 0.5) is 10.1 Å². The Balaban J connectivity index is 2.45. The molecule has 0 saturated carbocycles. The lowest BCUT2D eigenvalue weighted by molar-refractivity contribution is 0.471. The van der Waals surface area contributed by atoms with Gasteiger partial charge in [-0.2, -0.15) is 0 Å². The molecule has 2 aromatic rings. The molecule has 0 bridgehead atoms. The number of aryl methyl sites for hydroxylation is 2. The Morgan fingerprint density at radius 1 is 1.16 bits per heavy atom. The largest absolute Gasteiger partial charge is 0.455 e. The lowest BCUT2D eigenvalue weighted by Crippen LogP contribution is -1.97. The van der Waals surface area contributed by atoms with Crippen molar-refractivity contribution in [1.29, 1.82) is 0 Å². The fraction of sp³-hybridized carbons (Fsp3) is 0.143. The topological polar surface area (TPSA) is 35.2 Å². The van der Waals surface area contributed by atoms with Crippen LogP contribution in [0, 0.1) is 19.7 Å². The molecule has 0 aliphatic carbocycles. The Kier molecular flexibility index (Phi) is 4.02. The molecule has 2 rings (SSSR count). The van der Waals surface area contributed by atoms with E-state index in [-0.39, 0.29) is 5.75 Å². The van der Waals surface area contributed by atoms with E-state index in [0.717, 1.165) is 11.1 Å². The van der Waals surface area contributed by atoms with Gasteiger partial charge in [-0.15, -0.1) is 0 Å². The average molecular weight is 345 g/mol. The van der Waals surface area contributed by atoms with E-state index in [4.69, 9.17) is 22.1 Å². The zero-order valence-corrected chi connectivity index (χ0v) is 12.8. The first kappa shape index (κ1) is 14.2. The molecule has 2 nitrogen and oxygen atoms in total. The number of ether oxygens (including phenoxy) is 1. The molecule has 0 amide bonds. The molecule has 100 valence electrons. The minimum atomic E-state index is -0.423. The first-order valence-corrected chi connectivity index (χ1v) is 6.74. The second kappa shape index (κ2) is 5.39. The van der Waals surface area contributed by atoms with Gasteiger partial charge in [-0.05, 0) is 59.1 Å². The zero-order valence-electron chi connectivity index (χ0n) is 10.4. The third-order valence-corrected chi connectivity index (χ3v) is 3.52. The van der Waals surface area contributed by atoms with E-state index in [9.17, 15) is 4.39 Å². The van der Waals surface area contributed by atoms with Crippen molar-refractivity contribution in [2.75, 3.05) is 5.73 Å². The SMILES string of the molecule is Cc1cc(Cl)cc(C)c1Oc1cc(F)c(Br)cc1N. The fourth-order valence-corrected chi connectivity index (χ4v) is 2.49. The van der Waals surface area contributed by atoms with Gasteiger partial charge >= 0.3 is 0 Å². The third-order valence-electron chi connectivity index (χ3n) is 2.69. The Bertz CT molecular complexity index is 623. The molecule has 0 aromatic heterocycles. The van der Waals surface area contributed by atoms with E-state index in [2.05, 4.69) is 15.9 Å². The predicted molar refractivity (Wildman–Crippen MR) is 79.5 cm³/mol. The first-order chi connectivity index (χ1) is 8.88. The smallest absolute Gasteiger partial charge is 0.153 e. The van der Waals surface area contributed by atoms with Crippen LogP contribution >= 0.6 is 27.5 Å². The maximum Gasteiger partial charge on any atom is 0.153 e. The van der Waals surface area contributed by atoms with Crippen molar-refractivity contribution >= 4 is 33.2 Å². The van der Waals surface area contributed by atoms with E-state index in [1.807, 2.05) is 13.8 Å². The van der Waals surface area contributed by atoms with E-state index in [0.29, 0.717) is 20.9 Å². The van der Waals surface area contributed by atoms with Crippen molar-refractivity contribution in [2.45, 2.75) is 13.8 Å². The summed E-state index contributed by atoms with van der Waals surface area (Å²) in [5.41, 5.74) is 7.92. The number of hydrogen-bond acceptors (Lipinski definition) is 2. The lowest BCUT2D eigenvalue weighted by Gasteiger charge is -2.14. The summed E-state index contributed by atoms with van der Waals surface area (Å²) in [4.78, 5) is 0. The van der Waals surface area contributed by atoms with E-state index in [1.165, 1.54) is 12.1 Å². The molecule has 0 radical (unpaired) electrons. The van der Waals surface area contributed by atoms with Gasteiger partial charge in [0.05, 0.1) is 10.2 Å². The quantitative estimate of drug-likeness (QED) is 0.757. The van der Waals surface area contributed by atoms with Gasteiger partial charge in [-0.3, -0.25) is 0 Å². The van der Waals surface area contributed by atoms with Gasteiger partial charge in [0.1, 0.15) is 11.6 Å². The summed E-state index contributed by atoms with van der Waals surface area (Å²) >= 11 is 9.03. The van der Waals surface area contributed by atoms with Gasteiger partial charge in [0.2, 0.25) is 0 Å². The van der Waals surface area contributed by atoms with Crippen molar-refractivity contribution in [1.82, 2.24) is 0 Å². The van der Waals surface area contributed by atoms with E-state index in [1.54, 1.807) is 12.1 Å². The van der Waals surface area contributed by atoms with Crippen LogP contribution in [0.15, 0.2) is 28.7 Å². The molecule has 19 heavy (non-hydrogen) atoms. The van der Waals surface area contributed by atoms with Crippen molar-refractivity contribution in [2.24, 2.45) is 0 Å². The van der Waals surface area contributed by atoms with Crippen molar-refractivity contribution in [3.8, 4) is 11.5 Å². The van der Waals surface area contributed by atoms with Crippen LogP contribution in [0.3, 0.4) is 0 Å². The van der Waals surface area contributed by atoms with Gasteiger partial charge < -0.3 is 10.5 Å². The number of rotatable bonds is 2. The number of anilines is 1. The normalized spacial score (nSPS) is 10.6. The summed E-state index contributed by atoms with van der Waals surface area (Å²) in [6.07, 6.45) is 0. The Hall–Kier alpha value is -1.26. The van der Waals surface area contributed by atoms with Crippen LogP contribution in [0.25, 0.3) is 0 Å². The molecule has 0 unspecified atom stereocenters. The van der Waals surface area contributed by atoms with Gasteiger partial charge in [0.15, 0.2) is 5.75 Å². The monoisotopic (exact) mass is 343 g/mol. The molecule has 0 saturated heterocycles. The molecular formula is C14H12BrClFNO. The van der Waals surface area contributed by atoms with Crippen molar-refractivity contribution in [3.05, 3.63) is 50.7 Å². The minimum Gasteiger partial charge on any atom is -0.455 e. The number of nitrogens with two attached hydrogens (primary N) is 1. The van der Waals surface area contributed by atoms with Crippen LogP contribution < -0.4 is 10.5 Å². The summed E-state index contributed by atoms with van der Waals surface area (Å²) < 4.78 is 19.5. The van der Waals surface area contributed by atoms with Crippen molar-refractivity contribution in [3.63, 3.8) is 0 Å². The molecule has 0 spiro atoms. The summed E-state index contributed by atoms with van der Waals surface area (Å²) in [5.74, 6) is 0.500. The summed E-state index contributed by atoms with van der Waals surface area (Å²) in [6, 6.07) is 6.31. The van der Waals surface area contributed by atoms with Crippen molar-refractivity contribution < 1.29 is 9.13 Å². The molecule has 2 aromatic carbocycles. The number of halogens is 3. The number of benzene rings is 2. The highest BCUT2D eigenvalue weighted by molar-refractivity contribution is 9.10. The van der Waals surface area contributed by atoms with E-state index < -0.39 is 5.82 Å². The predicted octanol–water partition coefficient (Wildman–Crippen LogP) is 5.23. The molecule has 0 aliphatic heterocycles. The maximum atomic E-state index is 13.5. The molecule has 0 fully saturated rings. The van der Waals surface area contributed by atoms with Crippen LogP contribution in [-0.2, 0) is 0 Å². The maximum absolute atomic E-state index is 13.5. The van der Waals surface area contributed by atoms with Gasteiger partial charge in [0.25, 0.3) is 0 Å².